The highest BCUT2D eigenvalue weighted by atomic mass is 35.5. The Morgan fingerprint density at radius 1 is 1.03 bits per heavy atom. The number of alkyl halides is 3. The molecule has 0 fully saturated rings. The van der Waals surface area contributed by atoms with Crippen LogP contribution in [0.5, 0.6) is 11.5 Å². The van der Waals surface area contributed by atoms with Crippen molar-refractivity contribution in [2.24, 2.45) is 0 Å². The molecule has 3 rings (SSSR count). The third-order valence-corrected chi connectivity index (χ3v) is 4.77. The van der Waals surface area contributed by atoms with E-state index in [1.807, 2.05) is 0 Å². The number of carbonyl (C=O) groups excluding carboxylic acids is 2. The smallest absolute Gasteiger partial charge is 0.416 e. The number of nitro groups is 1. The van der Waals surface area contributed by atoms with Crippen LogP contribution in [0.15, 0.2) is 60.7 Å². The Hall–Kier alpha value is -4.12. The normalized spacial score (nSPS) is 11.0. The van der Waals surface area contributed by atoms with E-state index in [0.717, 1.165) is 37.4 Å². The van der Waals surface area contributed by atoms with Crippen molar-refractivity contribution in [3.63, 3.8) is 0 Å². The molecule has 8 nitrogen and oxygen atoms in total. The van der Waals surface area contributed by atoms with Gasteiger partial charge < -0.3 is 14.8 Å². The van der Waals surface area contributed by atoms with Crippen LogP contribution in [0.2, 0.25) is 5.02 Å². The molecule has 0 aliphatic carbocycles. The summed E-state index contributed by atoms with van der Waals surface area (Å²) in [4.78, 5) is 35.4. The zero-order chi connectivity index (χ0) is 25.0. The Bertz CT molecular complexity index is 1280. The Morgan fingerprint density at radius 2 is 1.74 bits per heavy atom. The van der Waals surface area contributed by atoms with Crippen LogP contribution in [0, 0.1) is 10.1 Å². The molecular weight excluding hydrogens is 481 g/mol. The molecule has 0 atom stereocenters. The van der Waals surface area contributed by atoms with Gasteiger partial charge in [0.2, 0.25) is 0 Å². The summed E-state index contributed by atoms with van der Waals surface area (Å²) in [5.74, 6) is -1.93. The largest absolute Gasteiger partial charge is 0.465 e. The zero-order valence-corrected chi connectivity index (χ0v) is 17.9. The van der Waals surface area contributed by atoms with Crippen LogP contribution < -0.4 is 10.1 Å². The van der Waals surface area contributed by atoms with Gasteiger partial charge in [0, 0.05) is 12.1 Å². The highest BCUT2D eigenvalue weighted by molar-refractivity contribution is 6.32. The van der Waals surface area contributed by atoms with Crippen LogP contribution in [-0.2, 0) is 10.9 Å². The van der Waals surface area contributed by atoms with Gasteiger partial charge in [0.05, 0.1) is 33.9 Å². The molecule has 0 heterocycles. The fraction of sp³-hybridized carbons (Fsp3) is 0.0909. The lowest BCUT2D eigenvalue weighted by molar-refractivity contribution is -0.385. The lowest BCUT2D eigenvalue weighted by Crippen LogP contribution is -2.16. The van der Waals surface area contributed by atoms with Crippen LogP contribution >= 0.6 is 11.6 Å². The minimum absolute atomic E-state index is 0.0185. The maximum absolute atomic E-state index is 12.9. The maximum atomic E-state index is 12.9. The highest BCUT2D eigenvalue weighted by Crippen LogP contribution is 2.37. The summed E-state index contributed by atoms with van der Waals surface area (Å²) in [7, 11) is 1.15. The zero-order valence-electron chi connectivity index (χ0n) is 17.2. The standard InChI is InChI=1S/C22H14ClF3N2O6/c1-33-21(30)14-4-2-3-5-17(14)27-20(29)15-11-13(7-8-18(15)28(31)32)34-19-9-6-12(10-16(19)23)22(24,25)26/h2-11H,1H3,(H,27,29). The van der Waals surface area contributed by atoms with E-state index in [0.29, 0.717) is 6.07 Å². The van der Waals surface area contributed by atoms with E-state index >= 15 is 0 Å². The molecule has 0 aromatic heterocycles. The lowest BCUT2D eigenvalue weighted by Gasteiger charge is -2.13. The maximum Gasteiger partial charge on any atom is 0.416 e. The van der Waals surface area contributed by atoms with Gasteiger partial charge in [0.15, 0.2) is 0 Å². The molecule has 0 aliphatic heterocycles. The van der Waals surface area contributed by atoms with Gasteiger partial charge in [-0.15, -0.1) is 0 Å². The summed E-state index contributed by atoms with van der Waals surface area (Å²) in [6.45, 7) is 0. The van der Waals surface area contributed by atoms with E-state index in [1.54, 1.807) is 0 Å². The number of amides is 1. The van der Waals surface area contributed by atoms with Crippen molar-refractivity contribution in [1.29, 1.82) is 0 Å². The van der Waals surface area contributed by atoms with E-state index in [9.17, 15) is 32.9 Å². The van der Waals surface area contributed by atoms with Gasteiger partial charge in [-0.25, -0.2) is 4.79 Å². The molecule has 3 aromatic rings. The minimum atomic E-state index is -4.61. The van der Waals surface area contributed by atoms with E-state index in [-0.39, 0.29) is 27.8 Å². The molecule has 0 bridgehead atoms. The van der Waals surface area contributed by atoms with Gasteiger partial charge >= 0.3 is 12.1 Å². The van der Waals surface area contributed by atoms with Crippen molar-refractivity contribution in [1.82, 2.24) is 0 Å². The molecule has 0 radical (unpaired) electrons. The summed E-state index contributed by atoms with van der Waals surface area (Å²) in [5, 5.41) is 13.5. The second-order valence-electron chi connectivity index (χ2n) is 6.67. The summed E-state index contributed by atoms with van der Waals surface area (Å²) >= 11 is 5.88. The molecule has 3 aromatic carbocycles. The predicted molar refractivity (Wildman–Crippen MR) is 115 cm³/mol. The number of esters is 1. The molecule has 12 heteroatoms. The monoisotopic (exact) mass is 494 g/mol. The molecular formula is C22H14ClF3N2O6. The first-order valence-corrected chi connectivity index (χ1v) is 9.70. The first kappa shape index (κ1) is 24.5. The van der Waals surface area contributed by atoms with E-state index in [4.69, 9.17) is 16.3 Å². The van der Waals surface area contributed by atoms with E-state index in [1.165, 1.54) is 24.3 Å². The Kier molecular flexibility index (Phi) is 7.06. The average molecular weight is 495 g/mol. The van der Waals surface area contributed by atoms with Crippen molar-refractivity contribution in [2.45, 2.75) is 6.18 Å². The Morgan fingerprint density at radius 3 is 2.35 bits per heavy atom. The number of para-hydroxylation sites is 1. The fourth-order valence-electron chi connectivity index (χ4n) is 2.88. The second kappa shape index (κ2) is 9.79. The molecule has 0 unspecified atom stereocenters. The first-order chi connectivity index (χ1) is 16.0. The number of halogens is 4. The van der Waals surface area contributed by atoms with Gasteiger partial charge in [-0.3, -0.25) is 14.9 Å². The van der Waals surface area contributed by atoms with Crippen LogP contribution in [0.1, 0.15) is 26.3 Å². The molecule has 1 amide bonds. The number of carbonyl (C=O) groups is 2. The number of nitrogens with zero attached hydrogens (tertiary/aromatic N) is 1. The Balaban J connectivity index is 1.94. The number of methoxy groups -OCH3 is 1. The van der Waals surface area contributed by atoms with Gasteiger partial charge in [0.1, 0.15) is 17.1 Å². The summed E-state index contributed by atoms with van der Waals surface area (Å²) in [5.41, 5.74) is -1.92. The predicted octanol–water partition coefficient (Wildman–Crippen LogP) is 6.10. The first-order valence-electron chi connectivity index (χ1n) is 9.33. The van der Waals surface area contributed by atoms with Crippen LogP contribution in [0.25, 0.3) is 0 Å². The molecule has 176 valence electrons. The third kappa shape index (κ3) is 5.44. The molecule has 0 saturated heterocycles. The average Bonchev–Trinajstić information content (AvgIpc) is 2.79. The van der Waals surface area contributed by atoms with Gasteiger partial charge in [-0.2, -0.15) is 13.2 Å². The minimum Gasteiger partial charge on any atom is -0.465 e. The molecule has 0 spiro atoms. The van der Waals surface area contributed by atoms with E-state index in [2.05, 4.69) is 10.1 Å². The number of hydrogen-bond donors (Lipinski definition) is 1. The number of nitro benzene ring substituents is 1. The number of hydrogen-bond acceptors (Lipinski definition) is 6. The summed E-state index contributed by atoms with van der Waals surface area (Å²) in [6.07, 6.45) is -4.61. The number of anilines is 1. The number of nitrogens with one attached hydrogen (secondary N) is 1. The quantitative estimate of drug-likeness (QED) is 0.252. The highest BCUT2D eigenvalue weighted by Gasteiger charge is 2.31. The fourth-order valence-corrected chi connectivity index (χ4v) is 3.10. The van der Waals surface area contributed by atoms with Gasteiger partial charge in [-0.1, -0.05) is 23.7 Å². The summed E-state index contributed by atoms with van der Waals surface area (Å²) in [6, 6.07) is 11.4. The lowest BCUT2D eigenvalue weighted by atomic mass is 10.1. The van der Waals surface area contributed by atoms with Crippen molar-refractivity contribution >= 4 is 34.9 Å². The molecule has 0 aliphatic rings. The van der Waals surface area contributed by atoms with Crippen molar-refractivity contribution < 1.29 is 37.2 Å². The Labute approximate surface area is 195 Å². The third-order valence-electron chi connectivity index (χ3n) is 4.48. The van der Waals surface area contributed by atoms with Crippen LogP contribution in [0.4, 0.5) is 24.5 Å². The van der Waals surface area contributed by atoms with Gasteiger partial charge in [0.25, 0.3) is 11.6 Å². The number of ether oxygens (including phenoxy) is 2. The SMILES string of the molecule is COC(=O)c1ccccc1NC(=O)c1cc(Oc2ccc(C(F)(F)F)cc2Cl)ccc1[N+](=O)[O-]. The molecule has 0 saturated carbocycles. The van der Waals surface area contributed by atoms with Gasteiger partial charge in [-0.05, 0) is 36.4 Å². The topological polar surface area (TPSA) is 108 Å². The number of rotatable bonds is 6. The number of benzene rings is 3. The van der Waals surface area contributed by atoms with Crippen molar-refractivity contribution in [2.75, 3.05) is 12.4 Å². The van der Waals surface area contributed by atoms with Crippen LogP contribution in [-0.4, -0.2) is 23.9 Å². The van der Waals surface area contributed by atoms with Crippen molar-refractivity contribution in [3.8, 4) is 11.5 Å². The second-order valence-corrected chi connectivity index (χ2v) is 7.08. The van der Waals surface area contributed by atoms with Crippen LogP contribution in [0.3, 0.4) is 0 Å². The summed E-state index contributed by atoms with van der Waals surface area (Å²) < 4.78 is 48.6. The molecule has 34 heavy (non-hydrogen) atoms. The van der Waals surface area contributed by atoms with Crippen molar-refractivity contribution in [3.05, 3.63) is 92.5 Å². The van der Waals surface area contributed by atoms with E-state index < -0.39 is 39.8 Å². The molecule has 1 N–H and O–H groups in total.